The average molecular weight is 495 g/mol. The van der Waals surface area contributed by atoms with Crippen LogP contribution in [0.5, 0.6) is 5.75 Å². The Morgan fingerprint density at radius 2 is 1.80 bits per heavy atom. The fourth-order valence-electron chi connectivity index (χ4n) is 2.99. The summed E-state index contributed by atoms with van der Waals surface area (Å²) in [5.74, 6) is -0.390. The fourth-order valence-corrected chi connectivity index (χ4v) is 3.25. The Morgan fingerprint density at radius 3 is 2.49 bits per heavy atom. The summed E-state index contributed by atoms with van der Waals surface area (Å²) in [6.45, 7) is 2.75. The van der Waals surface area contributed by atoms with E-state index < -0.39 is 16.7 Å². The van der Waals surface area contributed by atoms with Crippen LogP contribution in [-0.4, -0.2) is 29.6 Å². The smallest absolute Gasteiger partial charge is 0.273 e. The minimum Gasteiger partial charge on any atom is -0.494 e. The van der Waals surface area contributed by atoms with Gasteiger partial charge in [-0.3, -0.25) is 19.7 Å². The number of para-hydroxylation sites is 1. The van der Waals surface area contributed by atoms with Crippen LogP contribution in [0.2, 0.25) is 5.02 Å². The van der Waals surface area contributed by atoms with E-state index in [0.29, 0.717) is 6.61 Å². The molecule has 9 nitrogen and oxygen atoms in total. The summed E-state index contributed by atoms with van der Waals surface area (Å²) in [4.78, 5) is 35.6. The van der Waals surface area contributed by atoms with Gasteiger partial charge in [-0.05, 0) is 54.4 Å². The summed E-state index contributed by atoms with van der Waals surface area (Å²) in [6, 6.07) is 17.2. The molecule has 35 heavy (non-hydrogen) atoms. The Labute approximate surface area is 206 Å². The van der Waals surface area contributed by atoms with Gasteiger partial charge in [-0.1, -0.05) is 37.1 Å². The molecule has 3 rings (SSSR count). The summed E-state index contributed by atoms with van der Waals surface area (Å²) in [5.41, 5.74) is 3.41. The zero-order valence-electron chi connectivity index (χ0n) is 18.9. The van der Waals surface area contributed by atoms with Crippen molar-refractivity contribution in [2.75, 3.05) is 11.9 Å². The van der Waals surface area contributed by atoms with Gasteiger partial charge in [0.1, 0.15) is 5.75 Å². The summed E-state index contributed by atoms with van der Waals surface area (Å²) >= 11 is 6.03. The highest BCUT2D eigenvalue weighted by molar-refractivity contribution is 6.34. The van der Waals surface area contributed by atoms with E-state index in [2.05, 4.69) is 22.8 Å². The summed E-state index contributed by atoms with van der Waals surface area (Å²) in [5, 5.41) is 17.4. The van der Waals surface area contributed by atoms with Crippen molar-refractivity contribution < 1.29 is 19.2 Å². The average Bonchev–Trinajstić information content (AvgIpc) is 2.85. The van der Waals surface area contributed by atoms with Gasteiger partial charge in [0.25, 0.3) is 17.5 Å². The van der Waals surface area contributed by atoms with Crippen molar-refractivity contribution in [1.82, 2.24) is 5.43 Å². The predicted octanol–water partition coefficient (Wildman–Crippen LogP) is 5.44. The lowest BCUT2D eigenvalue weighted by molar-refractivity contribution is -0.384. The lowest BCUT2D eigenvalue weighted by Crippen LogP contribution is -2.21. The number of carbonyl (C=O) groups excluding carboxylic acids is 2. The molecule has 0 atom stereocenters. The lowest BCUT2D eigenvalue weighted by atomic mass is 10.1. The van der Waals surface area contributed by atoms with Gasteiger partial charge in [0.15, 0.2) is 0 Å². The summed E-state index contributed by atoms with van der Waals surface area (Å²) in [6.07, 6.45) is 3.53. The largest absolute Gasteiger partial charge is 0.494 e. The molecule has 2 amide bonds. The topological polar surface area (TPSA) is 123 Å². The van der Waals surface area contributed by atoms with Gasteiger partial charge in [-0.15, -0.1) is 0 Å². The number of carbonyl (C=O) groups is 2. The van der Waals surface area contributed by atoms with Crippen LogP contribution < -0.4 is 15.5 Å². The van der Waals surface area contributed by atoms with Crippen molar-refractivity contribution in [1.29, 1.82) is 0 Å². The van der Waals surface area contributed by atoms with Crippen molar-refractivity contribution in [2.45, 2.75) is 19.8 Å². The van der Waals surface area contributed by atoms with Crippen molar-refractivity contribution in [3.05, 3.63) is 98.6 Å². The third kappa shape index (κ3) is 7.12. The Balaban J connectivity index is 1.64. The minimum atomic E-state index is -0.616. The van der Waals surface area contributed by atoms with Gasteiger partial charge in [-0.25, -0.2) is 5.43 Å². The minimum absolute atomic E-state index is 0.0348. The van der Waals surface area contributed by atoms with Gasteiger partial charge in [0, 0.05) is 12.1 Å². The van der Waals surface area contributed by atoms with Crippen molar-refractivity contribution >= 4 is 41.0 Å². The van der Waals surface area contributed by atoms with Gasteiger partial charge >= 0.3 is 0 Å². The molecule has 180 valence electrons. The first-order valence-corrected chi connectivity index (χ1v) is 11.2. The van der Waals surface area contributed by atoms with Crippen LogP contribution in [0.25, 0.3) is 0 Å². The molecule has 0 unspecified atom stereocenters. The van der Waals surface area contributed by atoms with Crippen molar-refractivity contribution in [3.8, 4) is 5.75 Å². The molecule has 3 aromatic carbocycles. The number of ether oxygens (including phenoxy) is 1. The number of nitrogens with one attached hydrogen (secondary N) is 2. The highest BCUT2D eigenvalue weighted by Crippen LogP contribution is 2.24. The number of anilines is 1. The second-order valence-corrected chi connectivity index (χ2v) is 7.80. The number of unbranched alkanes of at least 4 members (excludes halogenated alkanes) is 1. The van der Waals surface area contributed by atoms with E-state index in [-0.39, 0.29) is 27.5 Å². The second-order valence-electron chi connectivity index (χ2n) is 7.39. The van der Waals surface area contributed by atoms with Crippen LogP contribution in [-0.2, 0) is 0 Å². The van der Waals surface area contributed by atoms with E-state index in [1.807, 2.05) is 24.3 Å². The molecule has 0 aliphatic rings. The summed E-state index contributed by atoms with van der Waals surface area (Å²) < 4.78 is 5.62. The third-order valence-electron chi connectivity index (χ3n) is 4.85. The van der Waals surface area contributed by atoms with E-state index in [1.54, 1.807) is 18.2 Å². The van der Waals surface area contributed by atoms with Crippen LogP contribution >= 0.6 is 11.6 Å². The highest BCUT2D eigenvalue weighted by atomic mass is 35.5. The number of nitro groups is 1. The van der Waals surface area contributed by atoms with E-state index in [1.165, 1.54) is 24.4 Å². The first-order chi connectivity index (χ1) is 16.9. The monoisotopic (exact) mass is 494 g/mol. The number of halogens is 1. The molecule has 0 saturated carbocycles. The molecule has 0 aromatic heterocycles. The maximum atomic E-state index is 12.7. The highest BCUT2D eigenvalue weighted by Gasteiger charge is 2.18. The number of hydrogen-bond donors (Lipinski definition) is 2. The quantitative estimate of drug-likeness (QED) is 0.168. The Kier molecular flexibility index (Phi) is 8.91. The number of hydrazone groups is 1. The molecule has 2 N–H and O–H groups in total. The lowest BCUT2D eigenvalue weighted by Gasteiger charge is -2.11. The first kappa shape index (κ1) is 25.4. The van der Waals surface area contributed by atoms with Crippen molar-refractivity contribution in [3.63, 3.8) is 0 Å². The molecule has 10 heteroatoms. The maximum absolute atomic E-state index is 12.7. The SMILES string of the molecule is CCCCOc1ccc(/C=N\NC(=O)c2ccccc2NC(=O)c2ccc([N+](=O)[O-])cc2Cl)cc1. The maximum Gasteiger partial charge on any atom is 0.273 e. The predicted molar refractivity (Wildman–Crippen MR) is 134 cm³/mol. The number of amides is 2. The molecule has 0 fully saturated rings. The van der Waals surface area contributed by atoms with Crippen LogP contribution in [0.4, 0.5) is 11.4 Å². The van der Waals surface area contributed by atoms with Crippen LogP contribution in [0.15, 0.2) is 71.8 Å². The molecule has 0 radical (unpaired) electrons. The van der Waals surface area contributed by atoms with Crippen molar-refractivity contribution in [2.24, 2.45) is 5.10 Å². The third-order valence-corrected chi connectivity index (χ3v) is 5.17. The molecular formula is C25H23ClN4O5. The van der Waals surface area contributed by atoms with Gasteiger partial charge in [0.2, 0.25) is 0 Å². The second kappa shape index (κ2) is 12.3. The van der Waals surface area contributed by atoms with E-state index in [4.69, 9.17) is 16.3 Å². The zero-order valence-corrected chi connectivity index (χ0v) is 19.6. The molecule has 0 aliphatic heterocycles. The Morgan fingerprint density at radius 1 is 1.06 bits per heavy atom. The molecule has 3 aromatic rings. The molecular weight excluding hydrogens is 472 g/mol. The molecule has 0 saturated heterocycles. The van der Waals surface area contributed by atoms with E-state index >= 15 is 0 Å². The number of nitrogens with zero attached hydrogens (tertiary/aromatic N) is 2. The van der Waals surface area contributed by atoms with Crippen LogP contribution in [0.3, 0.4) is 0 Å². The summed E-state index contributed by atoms with van der Waals surface area (Å²) in [7, 11) is 0. The Bertz CT molecular complexity index is 1240. The Hall–Kier alpha value is -4.24. The van der Waals surface area contributed by atoms with Gasteiger partial charge in [-0.2, -0.15) is 5.10 Å². The molecule has 0 bridgehead atoms. The van der Waals surface area contributed by atoms with Crippen LogP contribution in [0.1, 0.15) is 46.0 Å². The van der Waals surface area contributed by atoms with E-state index in [0.717, 1.165) is 30.2 Å². The first-order valence-electron chi connectivity index (χ1n) is 10.8. The number of nitro benzene ring substituents is 1. The van der Waals surface area contributed by atoms with E-state index in [9.17, 15) is 19.7 Å². The number of rotatable bonds is 10. The number of hydrogen-bond acceptors (Lipinski definition) is 6. The van der Waals surface area contributed by atoms with Gasteiger partial charge in [0.05, 0.1) is 39.6 Å². The fraction of sp³-hybridized carbons (Fsp3) is 0.160. The van der Waals surface area contributed by atoms with Gasteiger partial charge < -0.3 is 10.1 Å². The normalized spacial score (nSPS) is 10.7. The molecule has 0 heterocycles. The molecule has 0 aliphatic carbocycles. The van der Waals surface area contributed by atoms with Crippen LogP contribution in [0, 0.1) is 10.1 Å². The molecule has 0 spiro atoms. The standard InChI is InChI=1S/C25H23ClN4O5/c1-2-3-14-35-19-11-8-17(9-12-19)16-27-29-25(32)21-6-4-5-7-23(21)28-24(31)20-13-10-18(30(33)34)15-22(20)26/h4-13,15-16H,2-3,14H2,1H3,(H,28,31)(H,29,32)/b27-16-. The number of benzene rings is 3. The zero-order chi connectivity index (χ0) is 25.2. The number of non-ortho nitro benzene ring substituents is 1.